The molecule has 0 fully saturated rings. The summed E-state index contributed by atoms with van der Waals surface area (Å²) in [6, 6.07) is 1.87. The van der Waals surface area contributed by atoms with E-state index in [2.05, 4.69) is 43.7 Å². The van der Waals surface area contributed by atoms with Crippen molar-refractivity contribution in [2.24, 2.45) is 0 Å². The van der Waals surface area contributed by atoms with E-state index in [1.54, 1.807) is 6.20 Å². The quantitative estimate of drug-likeness (QED) is 0.764. The lowest BCUT2D eigenvalue weighted by Crippen LogP contribution is -2.06. The summed E-state index contributed by atoms with van der Waals surface area (Å²) in [4.78, 5) is 9.19. The number of nitrogens with zero attached hydrogens (tertiary/aromatic N) is 4. The first kappa shape index (κ1) is 12.7. The second kappa shape index (κ2) is 4.96. The number of fused-ring (bicyclic) bond motifs is 1. The summed E-state index contributed by atoms with van der Waals surface area (Å²) < 4.78 is 2.11. The fourth-order valence-corrected chi connectivity index (χ4v) is 2.48. The molecule has 6 nitrogen and oxygen atoms in total. The van der Waals surface area contributed by atoms with Gasteiger partial charge in [-0.05, 0) is 25.8 Å². The van der Waals surface area contributed by atoms with Crippen LogP contribution in [0.25, 0.3) is 5.52 Å². The third-order valence-electron chi connectivity index (χ3n) is 3.31. The number of anilines is 2. The Labute approximate surface area is 117 Å². The van der Waals surface area contributed by atoms with E-state index in [4.69, 9.17) is 0 Å². The first-order valence-electron chi connectivity index (χ1n) is 6.80. The van der Waals surface area contributed by atoms with Gasteiger partial charge in [-0.1, -0.05) is 6.92 Å². The summed E-state index contributed by atoms with van der Waals surface area (Å²) >= 11 is 0. The van der Waals surface area contributed by atoms with E-state index in [0.29, 0.717) is 0 Å². The van der Waals surface area contributed by atoms with Crippen molar-refractivity contribution >= 4 is 17.3 Å². The molecule has 0 amide bonds. The third kappa shape index (κ3) is 2.03. The van der Waals surface area contributed by atoms with Crippen molar-refractivity contribution < 1.29 is 0 Å². The molecule has 3 heterocycles. The molecule has 2 N–H and O–H groups in total. The Balaban J connectivity index is 2.18. The van der Waals surface area contributed by atoms with E-state index in [1.807, 2.05) is 19.2 Å². The predicted octanol–water partition coefficient (Wildman–Crippen LogP) is 2.77. The standard InChI is InChI=1S/C14H18N6/c1-4-5-12-17-10(3)13-9(2)8-15-14(20(12)13)18-11-6-7-16-19-11/h6-8H,4-5H2,1-3H3,(H2,15,16,18,19). The molecule has 0 saturated carbocycles. The van der Waals surface area contributed by atoms with Gasteiger partial charge in [0.1, 0.15) is 11.6 Å². The number of nitrogens with one attached hydrogen (secondary N) is 2. The Morgan fingerprint density at radius 3 is 2.90 bits per heavy atom. The molecule has 0 atom stereocenters. The van der Waals surface area contributed by atoms with E-state index in [1.165, 1.54) is 0 Å². The van der Waals surface area contributed by atoms with Gasteiger partial charge in [-0.15, -0.1) is 0 Å². The highest BCUT2D eigenvalue weighted by atomic mass is 15.3. The SMILES string of the molecule is CCCc1nc(C)c2c(C)cnc(Nc3ccn[nH]3)n12. The van der Waals surface area contributed by atoms with Crippen LogP contribution in [0.3, 0.4) is 0 Å². The van der Waals surface area contributed by atoms with Crippen LogP contribution in [0.5, 0.6) is 0 Å². The van der Waals surface area contributed by atoms with Crippen molar-refractivity contribution in [1.29, 1.82) is 0 Å². The number of aromatic nitrogens is 5. The number of H-pyrrole nitrogens is 1. The summed E-state index contributed by atoms with van der Waals surface area (Å²) in [5, 5.41) is 10.1. The van der Waals surface area contributed by atoms with Crippen LogP contribution in [0, 0.1) is 13.8 Å². The maximum atomic E-state index is 4.69. The monoisotopic (exact) mass is 270 g/mol. The first-order valence-corrected chi connectivity index (χ1v) is 6.80. The minimum absolute atomic E-state index is 0.763. The Bertz CT molecular complexity index is 726. The molecule has 0 aromatic carbocycles. The lowest BCUT2D eigenvalue weighted by Gasteiger charge is -2.10. The van der Waals surface area contributed by atoms with Gasteiger partial charge in [-0.25, -0.2) is 9.97 Å². The topological polar surface area (TPSA) is 70.9 Å². The van der Waals surface area contributed by atoms with Gasteiger partial charge in [0.2, 0.25) is 5.95 Å². The van der Waals surface area contributed by atoms with E-state index < -0.39 is 0 Å². The highest BCUT2D eigenvalue weighted by Crippen LogP contribution is 2.22. The molecule has 104 valence electrons. The van der Waals surface area contributed by atoms with Gasteiger partial charge in [0.05, 0.1) is 17.4 Å². The van der Waals surface area contributed by atoms with Crippen LogP contribution < -0.4 is 5.32 Å². The van der Waals surface area contributed by atoms with E-state index in [9.17, 15) is 0 Å². The van der Waals surface area contributed by atoms with E-state index >= 15 is 0 Å². The van der Waals surface area contributed by atoms with Crippen molar-refractivity contribution in [2.75, 3.05) is 5.32 Å². The fourth-order valence-electron chi connectivity index (χ4n) is 2.48. The van der Waals surface area contributed by atoms with Crippen molar-refractivity contribution in [3.63, 3.8) is 0 Å². The van der Waals surface area contributed by atoms with E-state index in [-0.39, 0.29) is 0 Å². The molecule has 3 aromatic heterocycles. The van der Waals surface area contributed by atoms with Gasteiger partial charge >= 0.3 is 0 Å². The maximum Gasteiger partial charge on any atom is 0.214 e. The molecule has 0 unspecified atom stereocenters. The summed E-state index contributed by atoms with van der Waals surface area (Å²) in [6.45, 7) is 6.26. The summed E-state index contributed by atoms with van der Waals surface area (Å²) in [6.07, 6.45) is 5.56. The summed E-state index contributed by atoms with van der Waals surface area (Å²) in [5.41, 5.74) is 3.30. The van der Waals surface area contributed by atoms with Gasteiger partial charge in [0, 0.05) is 18.7 Å². The van der Waals surface area contributed by atoms with Crippen LogP contribution in [0.1, 0.15) is 30.4 Å². The minimum atomic E-state index is 0.763. The van der Waals surface area contributed by atoms with Crippen LogP contribution in [-0.2, 0) is 6.42 Å². The molecule has 0 bridgehead atoms. The molecule has 0 spiro atoms. The van der Waals surface area contributed by atoms with Crippen LogP contribution in [0.4, 0.5) is 11.8 Å². The molecular weight excluding hydrogens is 252 g/mol. The summed E-state index contributed by atoms with van der Waals surface area (Å²) in [5.74, 6) is 2.62. The zero-order chi connectivity index (χ0) is 14.1. The molecule has 0 aliphatic heterocycles. The molecule has 0 aliphatic carbocycles. The molecule has 0 radical (unpaired) electrons. The molecule has 0 aliphatic rings. The van der Waals surface area contributed by atoms with Crippen molar-refractivity contribution in [3.05, 3.63) is 35.5 Å². The molecule has 6 heteroatoms. The zero-order valence-electron chi connectivity index (χ0n) is 11.9. The number of hydrogen-bond donors (Lipinski definition) is 2. The van der Waals surface area contributed by atoms with Gasteiger partial charge in [0.15, 0.2) is 0 Å². The minimum Gasteiger partial charge on any atom is -0.310 e. The average Bonchev–Trinajstić information content (AvgIpc) is 3.02. The Hall–Kier alpha value is -2.37. The first-order chi connectivity index (χ1) is 9.70. The highest BCUT2D eigenvalue weighted by Gasteiger charge is 2.14. The maximum absolute atomic E-state index is 4.69. The van der Waals surface area contributed by atoms with Crippen molar-refractivity contribution in [3.8, 4) is 0 Å². The molecule has 20 heavy (non-hydrogen) atoms. The Kier molecular flexibility index (Phi) is 3.14. The average molecular weight is 270 g/mol. The van der Waals surface area contributed by atoms with Crippen molar-refractivity contribution in [2.45, 2.75) is 33.6 Å². The number of aromatic amines is 1. The number of aryl methyl sites for hydroxylation is 3. The largest absolute Gasteiger partial charge is 0.310 e. The molecule has 3 aromatic rings. The lowest BCUT2D eigenvalue weighted by molar-refractivity contribution is 0.823. The fraction of sp³-hybridized carbons (Fsp3) is 0.357. The van der Waals surface area contributed by atoms with E-state index in [0.717, 1.165) is 47.2 Å². The van der Waals surface area contributed by atoms with Gasteiger partial charge < -0.3 is 5.32 Å². The van der Waals surface area contributed by atoms with Gasteiger partial charge in [-0.3, -0.25) is 9.50 Å². The van der Waals surface area contributed by atoms with Crippen LogP contribution >= 0.6 is 0 Å². The summed E-state index contributed by atoms with van der Waals surface area (Å²) in [7, 11) is 0. The predicted molar refractivity (Wildman–Crippen MR) is 78.3 cm³/mol. The molecule has 0 saturated heterocycles. The Morgan fingerprint density at radius 1 is 1.35 bits per heavy atom. The number of hydrogen-bond acceptors (Lipinski definition) is 4. The van der Waals surface area contributed by atoms with Crippen LogP contribution in [-0.4, -0.2) is 24.6 Å². The van der Waals surface area contributed by atoms with Crippen LogP contribution in [0.15, 0.2) is 18.5 Å². The van der Waals surface area contributed by atoms with Crippen molar-refractivity contribution in [1.82, 2.24) is 24.6 Å². The van der Waals surface area contributed by atoms with Crippen LogP contribution in [0.2, 0.25) is 0 Å². The lowest BCUT2D eigenvalue weighted by atomic mass is 10.2. The normalized spacial score (nSPS) is 11.2. The smallest absolute Gasteiger partial charge is 0.214 e. The van der Waals surface area contributed by atoms with Gasteiger partial charge in [0.25, 0.3) is 0 Å². The zero-order valence-corrected chi connectivity index (χ0v) is 11.9. The Morgan fingerprint density at radius 2 is 2.20 bits per heavy atom. The second-order valence-corrected chi connectivity index (χ2v) is 4.91. The number of rotatable bonds is 4. The highest BCUT2D eigenvalue weighted by molar-refractivity contribution is 5.63. The number of imidazole rings is 1. The van der Waals surface area contributed by atoms with Gasteiger partial charge in [-0.2, -0.15) is 5.10 Å². The molecule has 3 rings (SSSR count). The molecular formula is C14H18N6. The third-order valence-corrected chi connectivity index (χ3v) is 3.31. The second-order valence-electron chi connectivity index (χ2n) is 4.91.